The molecule has 0 fully saturated rings. The fraction of sp³-hybridized carbons (Fsp3) is 0.294. The van der Waals surface area contributed by atoms with Gasteiger partial charge < -0.3 is 15.2 Å². The highest BCUT2D eigenvalue weighted by molar-refractivity contribution is 14.0. The van der Waals surface area contributed by atoms with Gasteiger partial charge in [0.25, 0.3) is 0 Å². The summed E-state index contributed by atoms with van der Waals surface area (Å²) < 4.78 is 6.91. The van der Waals surface area contributed by atoms with Gasteiger partial charge in [0.15, 0.2) is 5.96 Å². The van der Waals surface area contributed by atoms with Crippen molar-refractivity contribution in [3.05, 3.63) is 59.5 Å². The second-order valence-electron chi connectivity index (χ2n) is 5.59. The lowest BCUT2D eigenvalue weighted by atomic mass is 10.2. The average molecular weight is 467 g/mol. The average Bonchev–Trinajstić information content (AvgIpc) is 3.27. The van der Waals surface area contributed by atoms with Gasteiger partial charge in [-0.1, -0.05) is 17.3 Å². The Kier molecular flexibility index (Phi) is 7.13. The Hall–Kier alpha value is -2.43. The highest BCUT2D eigenvalue weighted by atomic mass is 127. The molecule has 0 bridgehead atoms. The molecule has 2 N–H and O–H groups in total. The lowest BCUT2D eigenvalue weighted by molar-refractivity contribution is 0.392. The molecular weight excluding hydrogens is 445 g/mol. The molecule has 0 aliphatic heterocycles. The number of aryl methyl sites for hydroxylation is 2. The highest BCUT2D eigenvalue weighted by Gasteiger charge is 2.09. The topological polar surface area (TPSA) is 93.2 Å². The van der Waals surface area contributed by atoms with E-state index >= 15 is 0 Å². The van der Waals surface area contributed by atoms with E-state index in [0.717, 1.165) is 28.3 Å². The van der Waals surface area contributed by atoms with Crippen molar-refractivity contribution in [1.29, 1.82) is 0 Å². The van der Waals surface area contributed by atoms with Crippen molar-refractivity contribution < 1.29 is 4.52 Å². The summed E-state index contributed by atoms with van der Waals surface area (Å²) in [6.45, 7) is 5.09. The molecule has 0 amide bonds. The van der Waals surface area contributed by atoms with Gasteiger partial charge in [0.05, 0.1) is 11.4 Å². The van der Waals surface area contributed by atoms with Crippen LogP contribution in [-0.2, 0) is 13.1 Å². The Morgan fingerprint density at radius 1 is 1.23 bits per heavy atom. The van der Waals surface area contributed by atoms with Crippen LogP contribution in [0.15, 0.2) is 46.4 Å². The maximum atomic E-state index is 5.18. The summed E-state index contributed by atoms with van der Waals surface area (Å²) in [5.41, 5.74) is 4.03. The van der Waals surface area contributed by atoms with E-state index in [9.17, 15) is 0 Å². The number of guanidine groups is 1. The van der Waals surface area contributed by atoms with Crippen LogP contribution in [0.5, 0.6) is 0 Å². The zero-order chi connectivity index (χ0) is 17.6. The van der Waals surface area contributed by atoms with Gasteiger partial charge in [0.2, 0.25) is 0 Å². The summed E-state index contributed by atoms with van der Waals surface area (Å²) in [5.74, 6) is 1.53. The van der Waals surface area contributed by atoms with Gasteiger partial charge >= 0.3 is 0 Å². The van der Waals surface area contributed by atoms with Crippen molar-refractivity contribution in [3.63, 3.8) is 0 Å². The van der Waals surface area contributed by atoms with Gasteiger partial charge in [0.1, 0.15) is 18.4 Å². The maximum absolute atomic E-state index is 5.18. The molecular formula is C17H22IN7O. The summed E-state index contributed by atoms with van der Waals surface area (Å²) >= 11 is 0. The molecule has 0 spiro atoms. The van der Waals surface area contributed by atoms with Gasteiger partial charge in [-0.3, -0.25) is 4.99 Å². The van der Waals surface area contributed by atoms with Crippen LogP contribution in [0.1, 0.15) is 22.6 Å². The number of hydrogen-bond donors (Lipinski definition) is 2. The van der Waals surface area contributed by atoms with Crippen molar-refractivity contribution in [2.75, 3.05) is 7.05 Å². The number of benzene rings is 1. The molecule has 26 heavy (non-hydrogen) atoms. The van der Waals surface area contributed by atoms with Crippen LogP contribution in [0, 0.1) is 13.8 Å². The Morgan fingerprint density at radius 3 is 2.69 bits per heavy atom. The number of nitrogens with zero attached hydrogens (tertiary/aromatic N) is 5. The van der Waals surface area contributed by atoms with Crippen LogP contribution in [-0.4, -0.2) is 32.9 Å². The summed E-state index contributed by atoms with van der Waals surface area (Å²) in [6, 6.07) is 8.09. The molecule has 0 unspecified atom stereocenters. The van der Waals surface area contributed by atoms with E-state index in [2.05, 4.69) is 43.0 Å². The summed E-state index contributed by atoms with van der Waals surface area (Å²) in [4.78, 5) is 8.22. The molecule has 0 aliphatic carbocycles. The standard InChI is InChI=1S/C17H21N7O.HI/c1-12-16(13(2)25-23-12)9-21-17(18-3)20-8-14-5-4-6-15(7-14)24-11-19-10-22-24;/h4-7,10-11H,8-9H2,1-3H3,(H2,18,20,21);1H. The van der Waals surface area contributed by atoms with E-state index < -0.39 is 0 Å². The minimum absolute atomic E-state index is 0. The first-order valence-electron chi connectivity index (χ1n) is 7.97. The molecule has 2 heterocycles. The Labute approximate surface area is 169 Å². The van der Waals surface area contributed by atoms with Gasteiger partial charge in [-0.15, -0.1) is 24.0 Å². The number of hydrogen-bond acceptors (Lipinski definition) is 5. The van der Waals surface area contributed by atoms with E-state index in [1.54, 1.807) is 18.1 Å². The van der Waals surface area contributed by atoms with E-state index in [-0.39, 0.29) is 24.0 Å². The first-order valence-corrected chi connectivity index (χ1v) is 7.97. The fourth-order valence-electron chi connectivity index (χ4n) is 2.48. The largest absolute Gasteiger partial charge is 0.361 e. The van der Waals surface area contributed by atoms with Crippen LogP contribution in [0.3, 0.4) is 0 Å². The van der Waals surface area contributed by atoms with Crippen molar-refractivity contribution in [3.8, 4) is 5.69 Å². The third kappa shape index (κ3) is 4.81. The van der Waals surface area contributed by atoms with E-state index in [4.69, 9.17) is 4.52 Å². The number of nitrogens with one attached hydrogen (secondary N) is 2. The zero-order valence-electron chi connectivity index (χ0n) is 14.9. The van der Waals surface area contributed by atoms with Crippen molar-refractivity contribution >= 4 is 29.9 Å². The predicted octanol–water partition coefficient (Wildman–Crippen LogP) is 2.36. The van der Waals surface area contributed by atoms with Gasteiger partial charge in [-0.05, 0) is 31.5 Å². The van der Waals surface area contributed by atoms with Crippen LogP contribution in [0.2, 0.25) is 0 Å². The van der Waals surface area contributed by atoms with Gasteiger partial charge in [-0.25, -0.2) is 9.67 Å². The zero-order valence-corrected chi connectivity index (χ0v) is 17.3. The molecule has 8 nitrogen and oxygen atoms in total. The van der Waals surface area contributed by atoms with Gasteiger partial charge in [0, 0.05) is 25.7 Å². The van der Waals surface area contributed by atoms with Crippen LogP contribution < -0.4 is 10.6 Å². The lowest BCUT2D eigenvalue weighted by Crippen LogP contribution is -2.36. The second kappa shape index (κ2) is 9.32. The number of aromatic nitrogens is 4. The van der Waals surface area contributed by atoms with Crippen LogP contribution in [0.4, 0.5) is 0 Å². The number of rotatable bonds is 5. The molecule has 0 saturated carbocycles. The Morgan fingerprint density at radius 2 is 2.04 bits per heavy atom. The van der Waals surface area contributed by atoms with Crippen molar-refractivity contribution in [2.24, 2.45) is 4.99 Å². The summed E-state index contributed by atoms with van der Waals surface area (Å²) in [5, 5.41) is 14.7. The third-order valence-corrected chi connectivity index (χ3v) is 3.89. The lowest BCUT2D eigenvalue weighted by Gasteiger charge is -2.12. The molecule has 2 aromatic heterocycles. The van der Waals surface area contributed by atoms with E-state index in [1.165, 1.54) is 6.33 Å². The first kappa shape index (κ1) is 19.9. The molecule has 3 aromatic rings. The molecule has 9 heteroatoms. The minimum atomic E-state index is 0. The highest BCUT2D eigenvalue weighted by Crippen LogP contribution is 2.11. The SMILES string of the molecule is CN=C(NCc1cccc(-n2cncn2)c1)NCc1c(C)noc1C.I. The van der Waals surface area contributed by atoms with Crippen molar-refractivity contribution in [2.45, 2.75) is 26.9 Å². The number of aliphatic imine (C=N–C) groups is 1. The summed E-state index contributed by atoms with van der Waals surface area (Å²) in [6.07, 6.45) is 3.20. The van der Waals surface area contributed by atoms with Crippen LogP contribution >= 0.6 is 24.0 Å². The molecule has 0 saturated heterocycles. The molecule has 0 atom stereocenters. The van der Waals surface area contributed by atoms with Crippen molar-refractivity contribution in [1.82, 2.24) is 30.6 Å². The molecule has 0 radical (unpaired) electrons. The minimum Gasteiger partial charge on any atom is -0.361 e. The molecule has 138 valence electrons. The normalized spacial score (nSPS) is 11.1. The third-order valence-electron chi connectivity index (χ3n) is 3.89. The number of halogens is 1. The quantitative estimate of drug-likeness (QED) is 0.340. The predicted molar refractivity (Wildman–Crippen MR) is 110 cm³/mol. The molecule has 3 rings (SSSR count). The fourth-order valence-corrected chi connectivity index (χ4v) is 2.48. The van der Waals surface area contributed by atoms with Gasteiger partial charge in [-0.2, -0.15) is 5.10 Å². The smallest absolute Gasteiger partial charge is 0.191 e. The van der Waals surface area contributed by atoms with E-state index in [1.807, 2.05) is 26.0 Å². The Bertz CT molecular complexity index is 838. The van der Waals surface area contributed by atoms with E-state index in [0.29, 0.717) is 19.0 Å². The molecule has 0 aliphatic rings. The summed E-state index contributed by atoms with van der Waals surface area (Å²) in [7, 11) is 1.74. The van der Waals surface area contributed by atoms with Crippen LogP contribution in [0.25, 0.3) is 5.69 Å². The first-order chi connectivity index (χ1) is 12.2. The molecule has 1 aromatic carbocycles. The second-order valence-corrected chi connectivity index (χ2v) is 5.59. The maximum Gasteiger partial charge on any atom is 0.191 e. The monoisotopic (exact) mass is 467 g/mol. The Balaban J connectivity index is 0.00000243.